The summed E-state index contributed by atoms with van der Waals surface area (Å²) < 4.78 is 0. The number of carbonyl (C=O) groups excluding carboxylic acids is 2. The van der Waals surface area contributed by atoms with E-state index in [-0.39, 0.29) is 17.9 Å². The summed E-state index contributed by atoms with van der Waals surface area (Å²) in [5.74, 6) is 0.0945. The van der Waals surface area contributed by atoms with Crippen molar-refractivity contribution in [2.75, 3.05) is 18.0 Å². The number of fused-ring (bicyclic) bond motifs is 1. The van der Waals surface area contributed by atoms with Crippen LogP contribution in [-0.2, 0) is 9.59 Å². The molecule has 0 aliphatic carbocycles. The van der Waals surface area contributed by atoms with Gasteiger partial charge in [-0.25, -0.2) is 0 Å². The van der Waals surface area contributed by atoms with Gasteiger partial charge in [0.25, 0.3) is 0 Å². The maximum Gasteiger partial charge on any atom is 0.249 e. The van der Waals surface area contributed by atoms with Crippen LogP contribution < -0.4 is 4.90 Å². The number of hydrogen-bond acceptors (Lipinski definition) is 2. The minimum Gasteiger partial charge on any atom is -0.331 e. The maximum absolute atomic E-state index is 12.9. The van der Waals surface area contributed by atoms with Gasteiger partial charge in [-0.05, 0) is 37.8 Å². The van der Waals surface area contributed by atoms with Crippen molar-refractivity contribution in [3.05, 3.63) is 28.8 Å². The van der Waals surface area contributed by atoms with Gasteiger partial charge in [0.15, 0.2) is 0 Å². The number of para-hydroxylation sites is 1. The fourth-order valence-corrected chi connectivity index (χ4v) is 3.64. The van der Waals surface area contributed by atoms with Crippen LogP contribution in [0.2, 0.25) is 5.02 Å². The van der Waals surface area contributed by atoms with E-state index in [1.807, 2.05) is 19.1 Å². The van der Waals surface area contributed by atoms with Crippen molar-refractivity contribution in [1.82, 2.24) is 4.90 Å². The topological polar surface area (TPSA) is 40.6 Å². The molecule has 0 radical (unpaired) electrons. The van der Waals surface area contributed by atoms with Crippen LogP contribution in [0, 0.1) is 6.92 Å². The van der Waals surface area contributed by atoms with Crippen molar-refractivity contribution < 1.29 is 9.59 Å². The summed E-state index contributed by atoms with van der Waals surface area (Å²) in [6.07, 6.45) is 3.10. The normalized spacial score (nSPS) is 23.0. The van der Waals surface area contributed by atoms with Gasteiger partial charge in [0.2, 0.25) is 11.8 Å². The van der Waals surface area contributed by atoms with Gasteiger partial charge in [-0.1, -0.05) is 23.7 Å². The number of piperidine rings is 1. The Bertz CT molecular complexity index is 567. The third-order valence-electron chi connectivity index (χ3n) is 4.38. The van der Waals surface area contributed by atoms with E-state index in [0.717, 1.165) is 30.5 Å². The highest BCUT2D eigenvalue weighted by atomic mass is 35.5. The monoisotopic (exact) mass is 306 g/mol. The van der Waals surface area contributed by atoms with Gasteiger partial charge in [-0.15, -0.1) is 0 Å². The number of anilines is 1. The molecule has 21 heavy (non-hydrogen) atoms. The summed E-state index contributed by atoms with van der Waals surface area (Å²) in [5.41, 5.74) is 1.72. The lowest BCUT2D eigenvalue weighted by Gasteiger charge is -2.34. The Labute approximate surface area is 129 Å². The first-order chi connectivity index (χ1) is 10.1. The van der Waals surface area contributed by atoms with E-state index in [9.17, 15) is 9.59 Å². The maximum atomic E-state index is 12.9. The second-order valence-corrected chi connectivity index (χ2v) is 6.15. The molecule has 2 aliphatic heterocycles. The van der Waals surface area contributed by atoms with E-state index < -0.39 is 0 Å². The van der Waals surface area contributed by atoms with Gasteiger partial charge in [0.1, 0.15) is 6.04 Å². The summed E-state index contributed by atoms with van der Waals surface area (Å²) in [7, 11) is 0. The molecule has 1 unspecified atom stereocenters. The SMILES string of the molecule is Cc1cccc(Cl)c1N1CCC(=O)N2CCCCC2C1=O. The number of rotatable bonds is 1. The first-order valence-electron chi connectivity index (χ1n) is 7.45. The van der Waals surface area contributed by atoms with Crippen LogP contribution in [0.3, 0.4) is 0 Å². The molecule has 0 N–H and O–H groups in total. The van der Waals surface area contributed by atoms with Crippen LogP contribution in [-0.4, -0.2) is 35.8 Å². The second kappa shape index (κ2) is 5.68. The summed E-state index contributed by atoms with van der Waals surface area (Å²) in [6.45, 7) is 3.06. The molecule has 1 atom stereocenters. The van der Waals surface area contributed by atoms with Gasteiger partial charge in [-0.3, -0.25) is 9.59 Å². The fraction of sp³-hybridized carbons (Fsp3) is 0.500. The first-order valence-corrected chi connectivity index (χ1v) is 7.83. The molecule has 0 saturated carbocycles. The molecule has 0 spiro atoms. The molecule has 2 heterocycles. The molecule has 3 rings (SSSR count). The minimum atomic E-state index is -0.315. The quantitative estimate of drug-likeness (QED) is 0.800. The number of hydrogen-bond donors (Lipinski definition) is 0. The van der Waals surface area contributed by atoms with Gasteiger partial charge in [0, 0.05) is 19.5 Å². The van der Waals surface area contributed by atoms with E-state index in [1.165, 1.54) is 0 Å². The van der Waals surface area contributed by atoms with E-state index in [4.69, 9.17) is 11.6 Å². The van der Waals surface area contributed by atoms with Crippen LogP contribution in [0.5, 0.6) is 0 Å². The van der Waals surface area contributed by atoms with Crippen LogP contribution in [0.15, 0.2) is 18.2 Å². The van der Waals surface area contributed by atoms with Crippen LogP contribution >= 0.6 is 11.6 Å². The lowest BCUT2D eigenvalue weighted by Crippen LogP contribution is -2.50. The number of halogens is 1. The van der Waals surface area contributed by atoms with Crippen molar-refractivity contribution in [2.24, 2.45) is 0 Å². The van der Waals surface area contributed by atoms with Crippen molar-refractivity contribution in [3.63, 3.8) is 0 Å². The molecule has 5 heteroatoms. The molecule has 112 valence electrons. The van der Waals surface area contributed by atoms with Gasteiger partial charge >= 0.3 is 0 Å². The molecule has 2 aliphatic rings. The predicted molar refractivity (Wildman–Crippen MR) is 82.5 cm³/mol. The van der Waals surface area contributed by atoms with Crippen LogP contribution in [0.4, 0.5) is 5.69 Å². The molecular formula is C16H19ClN2O2. The summed E-state index contributed by atoms with van der Waals surface area (Å²) in [5, 5.41) is 0.569. The predicted octanol–water partition coefficient (Wildman–Crippen LogP) is 2.77. The number of carbonyl (C=O) groups is 2. The summed E-state index contributed by atoms with van der Waals surface area (Å²) >= 11 is 6.30. The van der Waals surface area contributed by atoms with Crippen molar-refractivity contribution >= 4 is 29.1 Å². The number of benzene rings is 1. The van der Waals surface area contributed by atoms with Crippen LogP contribution in [0.25, 0.3) is 0 Å². The Morgan fingerprint density at radius 2 is 2.00 bits per heavy atom. The molecule has 4 nitrogen and oxygen atoms in total. The summed E-state index contributed by atoms with van der Waals surface area (Å²) in [4.78, 5) is 28.6. The Morgan fingerprint density at radius 1 is 1.19 bits per heavy atom. The highest BCUT2D eigenvalue weighted by Crippen LogP contribution is 2.33. The van der Waals surface area contributed by atoms with Crippen molar-refractivity contribution in [2.45, 2.75) is 38.6 Å². The highest BCUT2D eigenvalue weighted by Gasteiger charge is 2.38. The van der Waals surface area contributed by atoms with E-state index in [1.54, 1.807) is 15.9 Å². The average Bonchev–Trinajstić information content (AvgIpc) is 2.60. The standard InChI is InChI=1S/C16H19ClN2O2/c1-11-5-4-6-12(17)15(11)19-10-8-14(20)18-9-3-2-7-13(18)16(19)21/h4-6,13H,2-3,7-10H2,1H3. The van der Waals surface area contributed by atoms with Crippen molar-refractivity contribution in [3.8, 4) is 0 Å². The lowest BCUT2D eigenvalue weighted by molar-refractivity contribution is -0.138. The van der Waals surface area contributed by atoms with Gasteiger partial charge < -0.3 is 9.80 Å². The first kappa shape index (κ1) is 14.4. The zero-order valence-corrected chi connectivity index (χ0v) is 12.9. The molecule has 1 aromatic carbocycles. The molecule has 2 amide bonds. The smallest absolute Gasteiger partial charge is 0.249 e. The Kier molecular flexibility index (Phi) is 3.89. The zero-order chi connectivity index (χ0) is 15.0. The molecule has 2 fully saturated rings. The second-order valence-electron chi connectivity index (χ2n) is 5.74. The van der Waals surface area contributed by atoms with Crippen molar-refractivity contribution in [1.29, 1.82) is 0 Å². The number of aryl methyl sites for hydroxylation is 1. The summed E-state index contributed by atoms with van der Waals surface area (Å²) in [6, 6.07) is 5.30. The van der Waals surface area contributed by atoms with Gasteiger partial charge in [-0.2, -0.15) is 0 Å². The largest absolute Gasteiger partial charge is 0.331 e. The van der Waals surface area contributed by atoms with E-state index >= 15 is 0 Å². The van der Waals surface area contributed by atoms with Crippen LogP contribution in [0.1, 0.15) is 31.2 Å². The average molecular weight is 307 g/mol. The van der Waals surface area contributed by atoms with Gasteiger partial charge in [0.05, 0.1) is 10.7 Å². The third kappa shape index (κ3) is 2.53. The van der Waals surface area contributed by atoms with E-state index in [2.05, 4.69) is 0 Å². The third-order valence-corrected chi connectivity index (χ3v) is 4.69. The Morgan fingerprint density at radius 3 is 2.76 bits per heavy atom. The number of amides is 2. The number of nitrogens with zero attached hydrogens (tertiary/aromatic N) is 2. The zero-order valence-electron chi connectivity index (χ0n) is 12.1. The molecule has 0 aromatic heterocycles. The highest BCUT2D eigenvalue weighted by molar-refractivity contribution is 6.34. The Balaban J connectivity index is 2.00. The molecule has 2 saturated heterocycles. The minimum absolute atomic E-state index is 0.0109. The fourth-order valence-electron chi connectivity index (χ4n) is 3.31. The molecular weight excluding hydrogens is 288 g/mol. The molecule has 0 bridgehead atoms. The lowest BCUT2D eigenvalue weighted by atomic mass is 10.0. The molecule has 1 aromatic rings. The Hall–Kier alpha value is -1.55. The van der Waals surface area contributed by atoms with E-state index in [0.29, 0.717) is 24.5 Å².